The number of aryl methyl sites for hydroxylation is 1. The molecule has 0 aliphatic rings. The molecule has 0 atom stereocenters. The first kappa shape index (κ1) is 22.2. The first-order chi connectivity index (χ1) is 15.9. The number of carbonyl (C=O) groups excluding carboxylic acids is 1. The molecule has 0 aliphatic carbocycles. The van der Waals surface area contributed by atoms with Crippen molar-refractivity contribution in [1.29, 1.82) is 0 Å². The monoisotopic (exact) mass is 447 g/mol. The van der Waals surface area contributed by atoms with Gasteiger partial charge in [0, 0.05) is 32.5 Å². The van der Waals surface area contributed by atoms with Crippen molar-refractivity contribution in [3.8, 4) is 17.2 Å². The van der Waals surface area contributed by atoms with Crippen LogP contribution in [0.2, 0.25) is 0 Å². The van der Waals surface area contributed by atoms with Crippen molar-refractivity contribution >= 4 is 11.8 Å². The minimum Gasteiger partial charge on any atom is -0.464 e. The van der Waals surface area contributed by atoms with E-state index in [2.05, 4.69) is 5.32 Å². The number of amides is 1. The highest BCUT2D eigenvalue weighted by atomic mass is 19.1. The molecule has 33 heavy (non-hydrogen) atoms. The van der Waals surface area contributed by atoms with Crippen LogP contribution >= 0.6 is 0 Å². The first-order valence-electron chi connectivity index (χ1n) is 10.6. The Labute approximate surface area is 192 Å². The maximum Gasteiger partial charge on any atom is 0.414 e. The van der Waals surface area contributed by atoms with Gasteiger partial charge in [-0.2, -0.15) is 0 Å². The van der Waals surface area contributed by atoms with Crippen LogP contribution in [-0.2, 0) is 13.1 Å². The summed E-state index contributed by atoms with van der Waals surface area (Å²) >= 11 is 0. The molecule has 0 aliphatic heterocycles. The van der Waals surface area contributed by atoms with Gasteiger partial charge in [0.15, 0.2) is 0 Å². The smallest absolute Gasteiger partial charge is 0.414 e. The molecule has 0 radical (unpaired) electrons. The number of aromatic nitrogens is 1. The highest BCUT2D eigenvalue weighted by Crippen LogP contribution is 2.36. The summed E-state index contributed by atoms with van der Waals surface area (Å²) in [5.74, 6) is 0.674. The van der Waals surface area contributed by atoms with Gasteiger partial charge in [0.25, 0.3) is 0 Å². The van der Waals surface area contributed by atoms with Crippen LogP contribution in [0.25, 0.3) is 11.3 Å². The second-order valence-corrected chi connectivity index (χ2v) is 8.03. The molecule has 6 nitrogen and oxygen atoms in total. The van der Waals surface area contributed by atoms with E-state index in [9.17, 15) is 9.18 Å². The molecule has 4 aromatic rings. The predicted molar refractivity (Wildman–Crippen MR) is 126 cm³/mol. The maximum atomic E-state index is 13.3. The highest BCUT2D eigenvalue weighted by molar-refractivity contribution is 5.76. The largest absolute Gasteiger partial charge is 0.464 e. The molecule has 0 saturated carbocycles. The average Bonchev–Trinajstić information content (AvgIpc) is 3.42. The topological polar surface area (TPSA) is 59.6 Å². The molecule has 1 amide bonds. The number of benzene rings is 2. The van der Waals surface area contributed by atoms with Crippen molar-refractivity contribution in [3.63, 3.8) is 0 Å². The van der Waals surface area contributed by atoms with E-state index in [0.29, 0.717) is 30.3 Å². The minimum atomic E-state index is -0.571. The van der Waals surface area contributed by atoms with Crippen LogP contribution in [0.5, 0.6) is 5.88 Å². The van der Waals surface area contributed by atoms with E-state index in [4.69, 9.17) is 9.15 Å². The lowest BCUT2D eigenvalue weighted by molar-refractivity contribution is 0.196. The Morgan fingerprint density at radius 1 is 1.06 bits per heavy atom. The Balaban J connectivity index is 1.54. The molecule has 4 rings (SSSR count). The lowest BCUT2D eigenvalue weighted by Crippen LogP contribution is -2.27. The summed E-state index contributed by atoms with van der Waals surface area (Å²) in [6, 6.07) is 17.8. The number of carbonyl (C=O) groups is 1. The fraction of sp³-hybridized carbons (Fsp3) is 0.192. The third-order valence-electron chi connectivity index (χ3n) is 5.33. The molecule has 7 heteroatoms. The van der Waals surface area contributed by atoms with Crippen molar-refractivity contribution < 1.29 is 18.3 Å². The van der Waals surface area contributed by atoms with Crippen LogP contribution in [0.4, 0.5) is 14.9 Å². The summed E-state index contributed by atoms with van der Waals surface area (Å²) in [4.78, 5) is 14.7. The van der Waals surface area contributed by atoms with E-state index in [0.717, 1.165) is 22.4 Å². The van der Waals surface area contributed by atoms with Crippen LogP contribution < -0.4 is 15.0 Å². The lowest BCUT2D eigenvalue weighted by atomic mass is 10.1. The van der Waals surface area contributed by atoms with Crippen molar-refractivity contribution in [3.05, 3.63) is 95.6 Å². The number of rotatable bonds is 7. The lowest BCUT2D eigenvalue weighted by Gasteiger charge is -2.14. The maximum absolute atomic E-state index is 13.3. The summed E-state index contributed by atoms with van der Waals surface area (Å²) in [7, 11) is 3.95. The molecule has 2 aromatic heterocycles. The van der Waals surface area contributed by atoms with Crippen LogP contribution in [0.1, 0.15) is 16.7 Å². The van der Waals surface area contributed by atoms with Gasteiger partial charge < -0.3 is 23.9 Å². The zero-order chi connectivity index (χ0) is 23.4. The molecular weight excluding hydrogens is 421 g/mol. The SMILES string of the molecule is Cc1cn(Cc2ccc(F)cc2)c(OC(=O)NCc2ccc(N(C)C)cc2)c1-c1ccco1. The quantitative estimate of drug-likeness (QED) is 0.401. The summed E-state index contributed by atoms with van der Waals surface area (Å²) in [5.41, 5.74) is 4.52. The van der Waals surface area contributed by atoms with Gasteiger partial charge in [-0.15, -0.1) is 0 Å². The molecule has 2 heterocycles. The van der Waals surface area contributed by atoms with Gasteiger partial charge in [-0.25, -0.2) is 9.18 Å². The van der Waals surface area contributed by atoms with Crippen molar-refractivity contribution in [2.75, 3.05) is 19.0 Å². The van der Waals surface area contributed by atoms with E-state index in [1.54, 1.807) is 24.5 Å². The van der Waals surface area contributed by atoms with Gasteiger partial charge in [-0.1, -0.05) is 24.3 Å². The second-order valence-electron chi connectivity index (χ2n) is 8.03. The summed E-state index contributed by atoms with van der Waals surface area (Å²) in [5, 5.41) is 2.81. The Morgan fingerprint density at radius 2 is 1.76 bits per heavy atom. The molecule has 0 saturated heterocycles. The molecule has 0 fully saturated rings. The average molecular weight is 448 g/mol. The number of hydrogen-bond acceptors (Lipinski definition) is 4. The van der Waals surface area contributed by atoms with Gasteiger partial charge in [0.1, 0.15) is 11.6 Å². The third-order valence-corrected chi connectivity index (χ3v) is 5.33. The van der Waals surface area contributed by atoms with Crippen LogP contribution in [0.15, 0.2) is 77.5 Å². The molecule has 1 N–H and O–H groups in total. The summed E-state index contributed by atoms with van der Waals surface area (Å²) in [6.45, 7) is 2.67. The molecule has 2 aromatic carbocycles. The number of nitrogens with one attached hydrogen (secondary N) is 1. The van der Waals surface area contributed by atoms with Crippen molar-refractivity contribution in [2.45, 2.75) is 20.0 Å². The van der Waals surface area contributed by atoms with Gasteiger partial charge in [0.2, 0.25) is 5.88 Å². The van der Waals surface area contributed by atoms with Crippen molar-refractivity contribution in [1.82, 2.24) is 9.88 Å². The Bertz CT molecular complexity index is 1210. The number of hydrogen-bond donors (Lipinski definition) is 1. The first-order valence-corrected chi connectivity index (χ1v) is 10.6. The van der Waals surface area contributed by atoms with Gasteiger partial charge in [-0.05, 0) is 60.0 Å². The molecule has 0 spiro atoms. The zero-order valence-electron chi connectivity index (χ0n) is 18.8. The second kappa shape index (κ2) is 9.65. The molecular formula is C26H26FN3O3. The Kier molecular flexibility index (Phi) is 6.49. The summed E-state index contributed by atoms with van der Waals surface area (Å²) < 4.78 is 26.5. The number of nitrogens with zero attached hydrogens (tertiary/aromatic N) is 2. The highest BCUT2D eigenvalue weighted by Gasteiger charge is 2.21. The van der Waals surface area contributed by atoms with Gasteiger partial charge in [-0.3, -0.25) is 0 Å². The van der Waals surface area contributed by atoms with Crippen LogP contribution in [0, 0.1) is 12.7 Å². The normalized spacial score (nSPS) is 10.8. The minimum absolute atomic E-state index is 0.298. The van der Waals surface area contributed by atoms with Crippen LogP contribution in [-0.4, -0.2) is 24.8 Å². The van der Waals surface area contributed by atoms with Crippen molar-refractivity contribution in [2.24, 2.45) is 0 Å². The fourth-order valence-electron chi connectivity index (χ4n) is 3.61. The summed E-state index contributed by atoms with van der Waals surface area (Å²) in [6.07, 6.45) is 2.90. The Hall–Kier alpha value is -4.00. The number of ether oxygens (including phenoxy) is 1. The third kappa shape index (κ3) is 5.26. The van der Waals surface area contributed by atoms with E-state index in [1.165, 1.54) is 12.1 Å². The fourth-order valence-corrected chi connectivity index (χ4v) is 3.61. The zero-order valence-corrected chi connectivity index (χ0v) is 18.8. The molecule has 0 unspecified atom stereocenters. The standard InChI is InChI=1S/C26H26FN3O3/c1-18-16-30(17-20-6-10-21(27)11-7-20)25(24(18)23-5-4-14-32-23)33-26(31)28-15-19-8-12-22(13-9-19)29(2)3/h4-14,16H,15,17H2,1-3H3,(H,28,31). The molecule has 170 valence electrons. The van der Waals surface area contributed by atoms with E-state index >= 15 is 0 Å². The van der Waals surface area contributed by atoms with E-state index in [-0.39, 0.29) is 5.82 Å². The number of anilines is 1. The number of furan rings is 1. The van der Waals surface area contributed by atoms with Gasteiger partial charge >= 0.3 is 6.09 Å². The van der Waals surface area contributed by atoms with E-state index in [1.807, 2.05) is 67.0 Å². The van der Waals surface area contributed by atoms with Crippen LogP contribution in [0.3, 0.4) is 0 Å². The Morgan fingerprint density at radius 3 is 2.39 bits per heavy atom. The van der Waals surface area contributed by atoms with E-state index < -0.39 is 6.09 Å². The predicted octanol–water partition coefficient (Wildman–Crippen LogP) is 5.60. The molecule has 0 bridgehead atoms. The van der Waals surface area contributed by atoms with Gasteiger partial charge in [0.05, 0.1) is 18.4 Å². The number of halogens is 1.